The van der Waals surface area contributed by atoms with Gasteiger partial charge in [-0.25, -0.2) is 0 Å². The van der Waals surface area contributed by atoms with E-state index in [4.69, 9.17) is 23.7 Å². The lowest BCUT2D eigenvalue weighted by Crippen LogP contribution is -2.59. The fraction of sp³-hybridized carbons (Fsp3) is 0.775. The van der Waals surface area contributed by atoms with E-state index in [2.05, 4.69) is 16.7 Å². The largest absolute Gasteiger partial charge is 0.497 e. The van der Waals surface area contributed by atoms with Crippen molar-refractivity contribution in [3.8, 4) is 5.75 Å². The van der Waals surface area contributed by atoms with Crippen LogP contribution in [0.25, 0.3) is 0 Å². The molecule has 1 aromatic rings. The normalized spacial score (nSPS) is 35.6. The van der Waals surface area contributed by atoms with E-state index >= 15 is 0 Å². The third-order valence-corrected chi connectivity index (χ3v) is 11.8. The Hall–Kier alpha value is -2.65. The molecule has 0 aromatic heterocycles. The molecule has 10 atom stereocenters. The second-order valence-corrected chi connectivity index (χ2v) is 16.7. The molecule has 13 heteroatoms. The van der Waals surface area contributed by atoms with Crippen LogP contribution in [0.4, 0.5) is 0 Å². The molecule has 53 heavy (non-hydrogen) atoms. The summed E-state index contributed by atoms with van der Waals surface area (Å²) in [5.41, 5.74) is -1.88. The topological polar surface area (TPSA) is 131 Å². The lowest BCUT2D eigenvalue weighted by molar-refractivity contribution is -0.295. The Balaban J connectivity index is 1.57. The Morgan fingerprint density at radius 1 is 1.04 bits per heavy atom. The van der Waals surface area contributed by atoms with Gasteiger partial charge in [-0.3, -0.25) is 24.2 Å². The highest BCUT2D eigenvalue weighted by Gasteiger charge is 2.52. The van der Waals surface area contributed by atoms with Crippen molar-refractivity contribution in [2.24, 2.45) is 17.3 Å². The number of hydrogen-bond donors (Lipinski definition) is 1. The number of likely N-dealkylation sites (N-methyl/N-ethyl adjacent to an activating group) is 2. The first-order valence-corrected chi connectivity index (χ1v) is 19.1. The molecule has 3 fully saturated rings. The van der Waals surface area contributed by atoms with E-state index in [1.807, 2.05) is 63.8 Å². The number of piperazine rings is 1. The Labute approximate surface area is 317 Å². The van der Waals surface area contributed by atoms with Crippen LogP contribution in [0.1, 0.15) is 71.7 Å². The van der Waals surface area contributed by atoms with E-state index in [1.54, 1.807) is 47.1 Å². The summed E-state index contributed by atoms with van der Waals surface area (Å²) in [6.45, 7) is 16.6. The van der Waals surface area contributed by atoms with Gasteiger partial charge < -0.3 is 38.6 Å². The number of aliphatic hydroxyl groups is 1. The number of aliphatic hydroxyl groups excluding tert-OH is 1. The fourth-order valence-electron chi connectivity index (χ4n) is 8.47. The molecular weight excluding hydrogens is 680 g/mol. The van der Waals surface area contributed by atoms with Crippen molar-refractivity contribution in [2.45, 2.75) is 110 Å². The lowest BCUT2D eigenvalue weighted by atomic mass is 9.74. The standard InChI is InChI=1S/C40H66N4O9/c1-25-22-40(7,50-12)35(53-37-33(45)31(41(8)9)20-26(2)51-37)27(3)34(46)39(5,6)38(48)52-28(4)32(42(10)23-25)24-43-16-18-44(19-17-43)36(47)29-14-13-15-30(21-29)49-11/h13-15,21,25-28,31-33,35,37,45H,16-20,22-24H2,1-12H3/t25-,26-,27+,28+,31+,32+,33-,35-,37+,40-/m1/s1. The van der Waals surface area contributed by atoms with Crippen LogP contribution in [0.5, 0.6) is 5.75 Å². The van der Waals surface area contributed by atoms with Gasteiger partial charge in [-0.15, -0.1) is 0 Å². The number of ether oxygens (including phenoxy) is 5. The maximum absolute atomic E-state index is 14.4. The second-order valence-electron chi connectivity index (χ2n) is 16.7. The molecule has 3 heterocycles. The zero-order valence-corrected chi connectivity index (χ0v) is 34.2. The summed E-state index contributed by atoms with van der Waals surface area (Å²) in [5.74, 6) is -1.05. The van der Waals surface area contributed by atoms with Gasteiger partial charge in [-0.2, -0.15) is 0 Å². The number of Topliss-reactive ketones (excluding diaryl/α,β-unsaturated/α-hetero) is 1. The van der Waals surface area contributed by atoms with Gasteiger partial charge in [0.15, 0.2) is 12.1 Å². The number of rotatable bonds is 8. The molecule has 3 saturated heterocycles. The Morgan fingerprint density at radius 2 is 1.70 bits per heavy atom. The van der Waals surface area contributed by atoms with E-state index in [-0.39, 0.29) is 35.8 Å². The highest BCUT2D eigenvalue weighted by atomic mass is 16.7. The lowest BCUT2D eigenvalue weighted by Gasteiger charge is -2.47. The first-order chi connectivity index (χ1) is 24.8. The van der Waals surface area contributed by atoms with E-state index in [9.17, 15) is 19.5 Å². The molecule has 1 N–H and O–H groups in total. The smallest absolute Gasteiger partial charge is 0.319 e. The van der Waals surface area contributed by atoms with Crippen LogP contribution in [0, 0.1) is 17.3 Å². The van der Waals surface area contributed by atoms with E-state index in [0.29, 0.717) is 63.4 Å². The molecule has 3 aliphatic rings. The third kappa shape index (κ3) is 9.97. The number of carbonyl (C=O) groups is 3. The molecule has 4 rings (SSSR count). The van der Waals surface area contributed by atoms with Crippen LogP contribution in [-0.2, 0) is 28.5 Å². The maximum Gasteiger partial charge on any atom is 0.319 e. The zero-order chi connectivity index (χ0) is 39.4. The molecule has 0 unspecified atom stereocenters. The Morgan fingerprint density at radius 3 is 2.30 bits per heavy atom. The summed E-state index contributed by atoms with van der Waals surface area (Å²) >= 11 is 0. The van der Waals surface area contributed by atoms with Crippen molar-refractivity contribution < 1.29 is 43.2 Å². The van der Waals surface area contributed by atoms with Gasteiger partial charge in [0.05, 0.1) is 31.0 Å². The van der Waals surface area contributed by atoms with Crippen LogP contribution in [-0.4, -0.2) is 165 Å². The van der Waals surface area contributed by atoms with Crippen molar-refractivity contribution in [1.82, 2.24) is 19.6 Å². The zero-order valence-electron chi connectivity index (χ0n) is 34.2. The third-order valence-electron chi connectivity index (χ3n) is 11.8. The molecule has 0 spiro atoms. The first kappa shape index (κ1) is 43.1. The van der Waals surface area contributed by atoms with Crippen molar-refractivity contribution in [1.29, 1.82) is 0 Å². The van der Waals surface area contributed by atoms with Gasteiger partial charge in [0, 0.05) is 63.9 Å². The minimum Gasteiger partial charge on any atom is -0.497 e. The highest BCUT2D eigenvalue weighted by Crippen LogP contribution is 2.38. The molecule has 3 aliphatic heterocycles. The number of benzene rings is 1. The number of amides is 1. The van der Waals surface area contributed by atoms with Crippen LogP contribution in [0.3, 0.4) is 0 Å². The number of nitrogens with zero attached hydrogens (tertiary/aromatic N) is 4. The van der Waals surface area contributed by atoms with Gasteiger partial charge in [0.1, 0.15) is 23.4 Å². The Kier molecular flexibility index (Phi) is 14.5. The van der Waals surface area contributed by atoms with Crippen LogP contribution in [0.15, 0.2) is 24.3 Å². The summed E-state index contributed by atoms with van der Waals surface area (Å²) in [4.78, 5) is 50.1. The van der Waals surface area contributed by atoms with Crippen LogP contribution >= 0.6 is 0 Å². The second kappa shape index (κ2) is 17.9. The molecule has 0 radical (unpaired) electrons. The number of esters is 1. The van der Waals surface area contributed by atoms with Crippen LogP contribution < -0.4 is 4.74 Å². The van der Waals surface area contributed by atoms with Gasteiger partial charge in [-0.05, 0) is 92.7 Å². The summed E-state index contributed by atoms with van der Waals surface area (Å²) < 4.78 is 30.6. The fourth-order valence-corrected chi connectivity index (χ4v) is 8.47. The number of hydrogen-bond acceptors (Lipinski definition) is 12. The average molecular weight is 747 g/mol. The van der Waals surface area contributed by atoms with E-state index in [0.717, 1.165) is 0 Å². The van der Waals surface area contributed by atoms with Crippen molar-refractivity contribution >= 4 is 17.7 Å². The van der Waals surface area contributed by atoms with Crippen LogP contribution in [0.2, 0.25) is 0 Å². The molecule has 0 bridgehead atoms. The van der Waals surface area contributed by atoms with E-state index < -0.39 is 47.5 Å². The van der Waals surface area contributed by atoms with Gasteiger partial charge in [0.2, 0.25) is 0 Å². The summed E-state index contributed by atoms with van der Waals surface area (Å²) in [7, 11) is 9.08. The highest BCUT2D eigenvalue weighted by molar-refractivity contribution is 6.04. The number of ketones is 1. The first-order valence-electron chi connectivity index (χ1n) is 19.1. The molecule has 0 saturated carbocycles. The number of methoxy groups -OCH3 is 2. The molecule has 1 aromatic carbocycles. The summed E-state index contributed by atoms with van der Waals surface area (Å²) in [6, 6.07) is 6.82. The van der Waals surface area contributed by atoms with Gasteiger partial charge >= 0.3 is 5.97 Å². The molecule has 13 nitrogen and oxygen atoms in total. The maximum atomic E-state index is 14.4. The predicted octanol–water partition coefficient (Wildman–Crippen LogP) is 3.17. The van der Waals surface area contributed by atoms with E-state index in [1.165, 1.54) is 0 Å². The molecule has 300 valence electrons. The van der Waals surface area contributed by atoms with Gasteiger partial charge in [0.25, 0.3) is 5.91 Å². The molecular formula is C40H66N4O9. The summed E-state index contributed by atoms with van der Waals surface area (Å²) in [6.07, 6.45) is -2.35. The van der Waals surface area contributed by atoms with Crippen molar-refractivity contribution in [2.75, 3.05) is 74.6 Å². The van der Waals surface area contributed by atoms with Crippen molar-refractivity contribution in [3.05, 3.63) is 29.8 Å². The minimum absolute atomic E-state index is 0.0277. The Bertz CT molecular complexity index is 1400. The minimum atomic E-state index is -1.50. The summed E-state index contributed by atoms with van der Waals surface area (Å²) in [5, 5.41) is 11.4. The monoisotopic (exact) mass is 746 g/mol. The number of cyclic esters (lactones) is 1. The van der Waals surface area contributed by atoms with Crippen molar-refractivity contribution in [3.63, 3.8) is 0 Å². The predicted molar refractivity (Wildman–Crippen MR) is 202 cm³/mol. The SMILES string of the molecule is COc1cccc(C(=O)N2CCN(C[C@H]3[C@H](C)OC(=O)C(C)(C)C(=O)[C@H](C)[C@@H](O[C@@H]4O[C@H](C)C[C@H](N(C)C)[C@H]4O)[C@](C)(OC)C[C@@H](C)CN3C)CC2)c1. The quantitative estimate of drug-likeness (QED) is 0.310. The molecule has 0 aliphatic carbocycles. The van der Waals surface area contributed by atoms with Gasteiger partial charge in [-0.1, -0.05) is 19.9 Å². The average Bonchev–Trinajstić information content (AvgIpc) is 3.12. The molecule has 1 amide bonds. The number of carbonyl (C=O) groups excluding carboxylic acids is 3.